The van der Waals surface area contributed by atoms with Gasteiger partial charge in [-0.3, -0.25) is 0 Å². The Balaban J connectivity index is 2.10. The molecule has 2 rings (SSSR count). The third kappa shape index (κ3) is 2.67. The van der Waals surface area contributed by atoms with Crippen LogP contribution in [0, 0.1) is 0 Å². The van der Waals surface area contributed by atoms with Crippen molar-refractivity contribution in [1.82, 2.24) is 19.6 Å². The quantitative estimate of drug-likeness (QED) is 0.814. The number of fused-ring (bicyclic) bond motifs is 1. The van der Waals surface area contributed by atoms with Crippen LogP contribution in [0.1, 0.15) is 20.8 Å². The van der Waals surface area contributed by atoms with Crippen molar-refractivity contribution in [3.8, 4) is 0 Å². The monoisotopic (exact) mass is 251 g/mol. The fourth-order valence-electron chi connectivity index (χ4n) is 1.65. The fourth-order valence-corrected chi connectivity index (χ4v) is 1.65. The molecule has 0 saturated carbocycles. The average molecular weight is 251 g/mol. The van der Waals surface area contributed by atoms with Crippen LogP contribution in [0.2, 0.25) is 0 Å². The maximum Gasteiger partial charge on any atom is 0.348 e. The van der Waals surface area contributed by atoms with Crippen LogP contribution in [-0.2, 0) is 4.74 Å². The van der Waals surface area contributed by atoms with Crippen LogP contribution in [0.4, 0.5) is 5.82 Å². The van der Waals surface area contributed by atoms with E-state index in [4.69, 9.17) is 4.74 Å². The topological polar surface area (TPSA) is 84.3 Å². The maximum absolute atomic E-state index is 11.3. The Hall–Kier alpha value is -1.89. The molecule has 98 valence electrons. The summed E-state index contributed by atoms with van der Waals surface area (Å²) in [5.41, 5.74) is -0.0289. The zero-order valence-corrected chi connectivity index (χ0v) is 10.7. The van der Waals surface area contributed by atoms with Crippen LogP contribution in [0.25, 0.3) is 5.65 Å². The van der Waals surface area contributed by atoms with Crippen LogP contribution < -0.4 is 11.0 Å². The highest BCUT2D eigenvalue weighted by Gasteiger charge is 2.17. The molecule has 0 aliphatic rings. The van der Waals surface area contributed by atoms with Gasteiger partial charge in [-0.25, -0.2) is 19.3 Å². The van der Waals surface area contributed by atoms with Crippen molar-refractivity contribution in [2.45, 2.75) is 26.4 Å². The number of rotatable bonds is 5. The molecular formula is C11H17N5O2. The summed E-state index contributed by atoms with van der Waals surface area (Å²) < 4.78 is 6.92. The van der Waals surface area contributed by atoms with Gasteiger partial charge in [0.15, 0.2) is 5.65 Å². The Morgan fingerprint density at radius 1 is 1.56 bits per heavy atom. The van der Waals surface area contributed by atoms with Gasteiger partial charge >= 0.3 is 5.69 Å². The Bertz CT molecular complexity index is 586. The summed E-state index contributed by atoms with van der Waals surface area (Å²) in [5.74, 6) is 0.661. The number of aromatic nitrogens is 4. The molecule has 0 aliphatic carbocycles. The van der Waals surface area contributed by atoms with Gasteiger partial charge in [0.1, 0.15) is 12.1 Å². The van der Waals surface area contributed by atoms with Crippen LogP contribution in [0.5, 0.6) is 0 Å². The van der Waals surface area contributed by atoms with E-state index >= 15 is 0 Å². The highest BCUT2D eigenvalue weighted by molar-refractivity contribution is 5.48. The van der Waals surface area contributed by atoms with Crippen molar-refractivity contribution in [3.05, 3.63) is 22.9 Å². The van der Waals surface area contributed by atoms with E-state index in [0.29, 0.717) is 24.6 Å². The largest absolute Gasteiger partial charge is 0.374 e. The van der Waals surface area contributed by atoms with Crippen molar-refractivity contribution in [3.63, 3.8) is 0 Å². The molecule has 0 aliphatic heterocycles. The van der Waals surface area contributed by atoms with Crippen molar-refractivity contribution in [1.29, 1.82) is 0 Å². The number of H-pyrrole nitrogens is 1. The molecule has 18 heavy (non-hydrogen) atoms. The minimum absolute atomic E-state index is 0.270. The van der Waals surface area contributed by atoms with Crippen LogP contribution in [-0.4, -0.2) is 38.3 Å². The molecule has 0 aromatic carbocycles. The Labute approximate surface area is 104 Å². The second kappa shape index (κ2) is 4.77. The molecule has 2 heterocycles. The highest BCUT2D eigenvalue weighted by atomic mass is 16.5. The lowest BCUT2D eigenvalue weighted by atomic mass is 10.1. The van der Waals surface area contributed by atoms with Crippen molar-refractivity contribution in [2.75, 3.05) is 18.5 Å². The van der Waals surface area contributed by atoms with E-state index in [2.05, 4.69) is 20.5 Å². The number of hydrogen-bond donors (Lipinski definition) is 2. The highest BCUT2D eigenvalue weighted by Crippen LogP contribution is 2.11. The Morgan fingerprint density at radius 2 is 2.33 bits per heavy atom. The summed E-state index contributed by atoms with van der Waals surface area (Å²) in [5, 5.41) is 9.40. The maximum atomic E-state index is 11.3. The van der Waals surface area contributed by atoms with E-state index in [1.807, 2.05) is 20.8 Å². The van der Waals surface area contributed by atoms with E-state index in [1.54, 1.807) is 6.07 Å². The third-order valence-electron chi connectivity index (χ3n) is 2.54. The van der Waals surface area contributed by atoms with Gasteiger partial charge in [-0.05, 0) is 20.8 Å². The van der Waals surface area contributed by atoms with E-state index in [0.717, 1.165) is 0 Å². The molecule has 0 bridgehead atoms. The smallest absolute Gasteiger partial charge is 0.348 e. The molecule has 2 aromatic heterocycles. The molecular weight excluding hydrogens is 234 g/mol. The molecule has 0 amide bonds. The summed E-state index contributed by atoms with van der Waals surface area (Å²) in [4.78, 5) is 15.4. The first-order chi connectivity index (χ1) is 8.52. The summed E-state index contributed by atoms with van der Waals surface area (Å²) in [6.07, 6.45) is 1.44. The molecule has 0 fully saturated rings. The molecule has 7 heteroatoms. The first-order valence-corrected chi connectivity index (χ1v) is 5.82. The molecule has 2 N–H and O–H groups in total. The number of anilines is 1. The molecule has 7 nitrogen and oxygen atoms in total. The molecule has 0 saturated heterocycles. The normalized spacial score (nSPS) is 11.9. The standard InChI is InChI=1S/C11H17N5O2/c1-4-18-11(2,3)6-12-8-5-9-14-15-10(17)16(9)7-13-8/h5,7,12H,4,6H2,1-3H3,(H,15,17). The predicted octanol–water partition coefficient (Wildman–Crippen LogP) is 0.645. The van der Waals surface area contributed by atoms with Crippen molar-refractivity contribution < 1.29 is 4.74 Å². The number of nitrogens with one attached hydrogen (secondary N) is 2. The Morgan fingerprint density at radius 3 is 3.06 bits per heavy atom. The van der Waals surface area contributed by atoms with Gasteiger partial charge in [0.25, 0.3) is 0 Å². The minimum Gasteiger partial charge on any atom is -0.374 e. The third-order valence-corrected chi connectivity index (χ3v) is 2.54. The van der Waals surface area contributed by atoms with Gasteiger partial charge in [-0.1, -0.05) is 0 Å². The van der Waals surface area contributed by atoms with Gasteiger partial charge in [0.2, 0.25) is 0 Å². The van der Waals surface area contributed by atoms with E-state index in [1.165, 1.54) is 10.7 Å². The molecule has 2 aromatic rings. The number of aromatic amines is 1. The van der Waals surface area contributed by atoms with Crippen LogP contribution in [0.15, 0.2) is 17.2 Å². The zero-order chi connectivity index (χ0) is 13.2. The van der Waals surface area contributed by atoms with Crippen molar-refractivity contribution in [2.24, 2.45) is 0 Å². The van der Waals surface area contributed by atoms with Crippen LogP contribution >= 0.6 is 0 Å². The van der Waals surface area contributed by atoms with E-state index in [9.17, 15) is 4.79 Å². The predicted molar refractivity (Wildman–Crippen MR) is 67.8 cm³/mol. The average Bonchev–Trinajstić information content (AvgIpc) is 2.68. The van der Waals surface area contributed by atoms with Gasteiger partial charge < -0.3 is 10.1 Å². The number of hydrogen-bond acceptors (Lipinski definition) is 5. The first kappa shape index (κ1) is 12.6. The lowest BCUT2D eigenvalue weighted by Crippen LogP contribution is -2.33. The second-order valence-electron chi connectivity index (χ2n) is 4.58. The van der Waals surface area contributed by atoms with Crippen LogP contribution in [0.3, 0.4) is 0 Å². The first-order valence-electron chi connectivity index (χ1n) is 5.82. The zero-order valence-electron chi connectivity index (χ0n) is 10.7. The van der Waals surface area contributed by atoms with Gasteiger partial charge in [0, 0.05) is 19.2 Å². The van der Waals surface area contributed by atoms with E-state index < -0.39 is 0 Å². The van der Waals surface area contributed by atoms with Gasteiger partial charge in [-0.2, -0.15) is 5.10 Å². The number of nitrogens with zero attached hydrogens (tertiary/aromatic N) is 3. The molecule has 0 unspecified atom stereocenters. The number of ether oxygens (including phenoxy) is 1. The Kier molecular flexibility index (Phi) is 3.33. The van der Waals surface area contributed by atoms with E-state index in [-0.39, 0.29) is 11.3 Å². The summed E-state index contributed by atoms with van der Waals surface area (Å²) in [6.45, 7) is 7.25. The SMILES string of the molecule is CCOC(C)(C)CNc1cc2n[nH]c(=O)n2cn1. The lowest BCUT2D eigenvalue weighted by Gasteiger charge is -2.25. The summed E-state index contributed by atoms with van der Waals surface area (Å²) in [6, 6.07) is 1.71. The van der Waals surface area contributed by atoms with Gasteiger partial charge in [0.05, 0.1) is 5.60 Å². The molecule has 0 spiro atoms. The fraction of sp³-hybridized carbons (Fsp3) is 0.545. The minimum atomic E-state index is -0.293. The molecule has 0 radical (unpaired) electrons. The molecule has 0 atom stereocenters. The second-order valence-corrected chi connectivity index (χ2v) is 4.58. The lowest BCUT2D eigenvalue weighted by molar-refractivity contribution is 0.000641. The summed E-state index contributed by atoms with van der Waals surface area (Å²) in [7, 11) is 0. The van der Waals surface area contributed by atoms with Crippen molar-refractivity contribution >= 4 is 11.5 Å². The summed E-state index contributed by atoms with van der Waals surface area (Å²) >= 11 is 0. The van der Waals surface area contributed by atoms with Gasteiger partial charge in [-0.15, -0.1) is 0 Å².